The van der Waals surface area contributed by atoms with Crippen molar-refractivity contribution in [3.63, 3.8) is 0 Å². The van der Waals surface area contributed by atoms with Crippen molar-refractivity contribution in [1.29, 1.82) is 0 Å². The molecule has 0 aromatic carbocycles. The summed E-state index contributed by atoms with van der Waals surface area (Å²) in [6, 6.07) is 0. The van der Waals surface area contributed by atoms with Crippen molar-refractivity contribution in [3.8, 4) is 0 Å². The van der Waals surface area contributed by atoms with Gasteiger partial charge in [0.1, 0.15) is 17.2 Å². The average Bonchev–Trinajstić information content (AvgIpc) is 1.69. The molecule has 2 atom stereocenters. The molecule has 0 aromatic rings. The van der Waals surface area contributed by atoms with Gasteiger partial charge in [0.2, 0.25) is 0 Å². The standard InChI is InChI=1S/CH8N2O2P2/c4-6-2-1-3-7-5/h1,6-7H2,(H,2,4)(H,3,5). The molecular weight excluding hydrogens is 134 g/mol. The van der Waals surface area contributed by atoms with Crippen molar-refractivity contribution in [1.82, 2.24) is 10.2 Å². The highest BCUT2D eigenvalue weighted by molar-refractivity contribution is 7.22. The molecular formula is CH8N2O2P2. The van der Waals surface area contributed by atoms with Gasteiger partial charge in [0, 0.05) is 0 Å². The van der Waals surface area contributed by atoms with E-state index in [1.807, 2.05) is 0 Å². The van der Waals surface area contributed by atoms with Gasteiger partial charge in [-0.25, -0.2) is 0 Å². The fraction of sp³-hybridized carbons (Fsp3) is 1.00. The molecule has 0 bridgehead atoms. The Morgan fingerprint density at radius 1 is 1.14 bits per heavy atom. The SMILES string of the molecule is O=[PH2]NCN[PH2]=O. The van der Waals surface area contributed by atoms with E-state index in [0.717, 1.165) is 0 Å². The highest BCUT2D eigenvalue weighted by atomic mass is 31.1. The van der Waals surface area contributed by atoms with E-state index in [-0.39, 0.29) is 0 Å². The third-order valence-corrected chi connectivity index (χ3v) is 1.11. The minimum atomic E-state index is -0.907. The Labute approximate surface area is 44.2 Å². The normalized spacial score (nSPS) is 12.6. The topological polar surface area (TPSA) is 58.2 Å². The third-order valence-electron chi connectivity index (χ3n) is 0.371. The minimum absolute atomic E-state index is 0.387. The summed E-state index contributed by atoms with van der Waals surface area (Å²) in [6.07, 6.45) is 0. The largest absolute Gasteiger partial charge is 0.313 e. The second-order valence-corrected chi connectivity index (χ2v) is 2.11. The number of nitrogens with one attached hydrogen (secondary N) is 2. The molecule has 0 heterocycles. The van der Waals surface area contributed by atoms with E-state index in [0.29, 0.717) is 6.67 Å². The van der Waals surface area contributed by atoms with E-state index >= 15 is 0 Å². The molecule has 0 aromatic heterocycles. The average molecular weight is 142 g/mol. The van der Waals surface area contributed by atoms with Crippen LogP contribution in [0.2, 0.25) is 0 Å². The van der Waals surface area contributed by atoms with Gasteiger partial charge < -0.3 is 9.13 Å². The number of hydrogen-bond donors (Lipinski definition) is 2. The highest BCUT2D eigenvalue weighted by Gasteiger charge is 1.71. The van der Waals surface area contributed by atoms with Crippen LogP contribution >= 0.6 is 17.2 Å². The van der Waals surface area contributed by atoms with Crippen molar-refractivity contribution >= 4 is 17.2 Å². The predicted molar refractivity (Wildman–Crippen MR) is 31.9 cm³/mol. The quantitative estimate of drug-likeness (QED) is 0.314. The van der Waals surface area contributed by atoms with Crippen LogP contribution in [-0.2, 0) is 9.13 Å². The molecule has 44 valence electrons. The Hall–Kier alpha value is 0.380. The van der Waals surface area contributed by atoms with Crippen molar-refractivity contribution in [2.24, 2.45) is 0 Å². The molecule has 2 unspecified atom stereocenters. The molecule has 0 saturated heterocycles. The van der Waals surface area contributed by atoms with E-state index in [9.17, 15) is 9.13 Å². The Balaban J connectivity index is 2.68. The lowest BCUT2D eigenvalue weighted by atomic mass is 11.3. The molecule has 0 fully saturated rings. The van der Waals surface area contributed by atoms with Crippen molar-refractivity contribution in [2.75, 3.05) is 6.67 Å². The first-order valence-electron chi connectivity index (χ1n) is 1.76. The zero-order valence-corrected chi connectivity index (χ0v) is 5.99. The lowest BCUT2D eigenvalue weighted by molar-refractivity contribution is 0.584. The Kier molecular flexibility index (Phi) is 6.73. The van der Waals surface area contributed by atoms with Crippen LogP contribution in [0.5, 0.6) is 0 Å². The predicted octanol–water partition coefficient (Wildman–Crippen LogP) is -0.534. The number of hydrogen-bond acceptors (Lipinski definition) is 2. The lowest BCUT2D eigenvalue weighted by Gasteiger charge is -1.88. The summed E-state index contributed by atoms with van der Waals surface area (Å²) >= 11 is 0. The fourth-order valence-electron chi connectivity index (χ4n) is 0.142. The van der Waals surface area contributed by atoms with Crippen LogP contribution in [0.15, 0.2) is 0 Å². The molecule has 0 spiro atoms. The fourth-order valence-corrected chi connectivity index (χ4v) is 0.780. The highest BCUT2D eigenvalue weighted by Crippen LogP contribution is 1.79. The van der Waals surface area contributed by atoms with Crippen LogP contribution in [0.3, 0.4) is 0 Å². The summed E-state index contributed by atoms with van der Waals surface area (Å²) in [5.74, 6) is 0. The molecule has 2 N–H and O–H groups in total. The Bertz CT molecular complexity index is 58.7. The van der Waals surface area contributed by atoms with Crippen LogP contribution in [0.25, 0.3) is 0 Å². The van der Waals surface area contributed by atoms with E-state index in [1.54, 1.807) is 0 Å². The summed E-state index contributed by atoms with van der Waals surface area (Å²) in [5, 5.41) is 4.97. The van der Waals surface area contributed by atoms with Crippen LogP contribution in [-0.4, -0.2) is 6.67 Å². The van der Waals surface area contributed by atoms with Crippen LogP contribution < -0.4 is 10.2 Å². The second kappa shape index (κ2) is 6.38. The maximum absolute atomic E-state index is 9.64. The molecule has 4 nitrogen and oxygen atoms in total. The van der Waals surface area contributed by atoms with Crippen LogP contribution in [0.4, 0.5) is 0 Å². The van der Waals surface area contributed by atoms with Gasteiger partial charge in [-0.1, -0.05) is 0 Å². The zero-order chi connectivity index (χ0) is 5.54. The van der Waals surface area contributed by atoms with E-state index < -0.39 is 17.2 Å². The first-order chi connectivity index (χ1) is 3.41. The molecule has 0 amide bonds. The first-order valence-corrected chi connectivity index (χ1v) is 3.85. The summed E-state index contributed by atoms with van der Waals surface area (Å²) in [7, 11) is -1.81. The molecule has 6 heteroatoms. The van der Waals surface area contributed by atoms with Gasteiger partial charge in [0.25, 0.3) is 0 Å². The Morgan fingerprint density at radius 2 is 1.57 bits per heavy atom. The van der Waals surface area contributed by atoms with Gasteiger partial charge in [0.15, 0.2) is 0 Å². The summed E-state index contributed by atoms with van der Waals surface area (Å²) in [4.78, 5) is 0. The maximum atomic E-state index is 9.64. The Morgan fingerprint density at radius 3 is 1.86 bits per heavy atom. The second-order valence-electron chi connectivity index (χ2n) is 0.821. The summed E-state index contributed by atoms with van der Waals surface area (Å²) < 4.78 is 19.3. The molecule has 0 aliphatic carbocycles. The van der Waals surface area contributed by atoms with Gasteiger partial charge in [-0.15, -0.1) is 0 Å². The van der Waals surface area contributed by atoms with Crippen LogP contribution in [0.1, 0.15) is 0 Å². The smallest absolute Gasteiger partial charge is 0.125 e. The number of rotatable bonds is 4. The van der Waals surface area contributed by atoms with E-state index in [4.69, 9.17) is 0 Å². The molecule has 0 radical (unpaired) electrons. The molecule has 0 aliphatic heterocycles. The van der Waals surface area contributed by atoms with Crippen molar-refractivity contribution in [3.05, 3.63) is 0 Å². The molecule has 0 saturated carbocycles. The van der Waals surface area contributed by atoms with Crippen molar-refractivity contribution < 1.29 is 9.13 Å². The zero-order valence-electron chi connectivity index (χ0n) is 3.68. The first kappa shape index (κ1) is 7.38. The van der Waals surface area contributed by atoms with Gasteiger partial charge in [0.05, 0.1) is 6.67 Å². The summed E-state index contributed by atoms with van der Waals surface area (Å²) in [5.41, 5.74) is 0. The van der Waals surface area contributed by atoms with Crippen LogP contribution in [0, 0.1) is 0 Å². The molecule has 0 aliphatic rings. The van der Waals surface area contributed by atoms with Gasteiger partial charge in [-0.2, -0.15) is 0 Å². The van der Waals surface area contributed by atoms with Gasteiger partial charge in [-0.05, 0) is 0 Å². The molecule has 0 rings (SSSR count). The lowest BCUT2D eigenvalue weighted by Crippen LogP contribution is -2.12. The van der Waals surface area contributed by atoms with Crippen molar-refractivity contribution in [2.45, 2.75) is 0 Å². The minimum Gasteiger partial charge on any atom is -0.313 e. The monoisotopic (exact) mass is 142 g/mol. The third kappa shape index (κ3) is 6.38. The maximum Gasteiger partial charge on any atom is 0.125 e. The van der Waals surface area contributed by atoms with Gasteiger partial charge in [-0.3, -0.25) is 10.2 Å². The van der Waals surface area contributed by atoms with E-state index in [1.165, 1.54) is 0 Å². The summed E-state index contributed by atoms with van der Waals surface area (Å²) in [6.45, 7) is 0.387. The van der Waals surface area contributed by atoms with Gasteiger partial charge >= 0.3 is 0 Å². The van der Waals surface area contributed by atoms with E-state index in [2.05, 4.69) is 10.2 Å². The molecule has 7 heavy (non-hydrogen) atoms.